The first-order valence-corrected chi connectivity index (χ1v) is 8.74. The van der Waals surface area contributed by atoms with E-state index in [0.29, 0.717) is 18.8 Å². The van der Waals surface area contributed by atoms with Gasteiger partial charge in [0, 0.05) is 25.0 Å². The number of rotatable bonds is 6. The molecule has 0 atom stereocenters. The maximum Gasteiger partial charge on any atom is 0.255 e. The lowest BCUT2D eigenvalue weighted by atomic mass is 10.1. The SMILES string of the molecule is Cc1ccc(C(=O)N2CCC(OCCOc3ccccc3)CC2)cn1. The Morgan fingerprint density at radius 2 is 1.88 bits per heavy atom. The summed E-state index contributed by atoms with van der Waals surface area (Å²) < 4.78 is 11.5. The molecule has 5 heteroatoms. The minimum atomic E-state index is 0.0540. The molecule has 132 valence electrons. The Labute approximate surface area is 148 Å². The Morgan fingerprint density at radius 1 is 1.12 bits per heavy atom. The second kappa shape index (κ2) is 8.62. The number of hydrogen-bond donors (Lipinski definition) is 0. The quantitative estimate of drug-likeness (QED) is 0.758. The van der Waals surface area contributed by atoms with Crippen LogP contribution in [0.4, 0.5) is 0 Å². The van der Waals surface area contributed by atoms with Crippen molar-refractivity contribution >= 4 is 5.91 Å². The van der Waals surface area contributed by atoms with E-state index in [-0.39, 0.29) is 12.0 Å². The molecule has 2 aromatic rings. The topological polar surface area (TPSA) is 51.7 Å². The molecule has 0 saturated carbocycles. The smallest absolute Gasteiger partial charge is 0.255 e. The van der Waals surface area contributed by atoms with E-state index < -0.39 is 0 Å². The lowest BCUT2D eigenvalue weighted by Crippen LogP contribution is -2.41. The van der Waals surface area contributed by atoms with E-state index in [1.165, 1.54) is 0 Å². The van der Waals surface area contributed by atoms with Crippen LogP contribution in [0.15, 0.2) is 48.7 Å². The van der Waals surface area contributed by atoms with Gasteiger partial charge >= 0.3 is 0 Å². The standard InChI is InChI=1S/C20H24N2O3/c1-16-7-8-17(15-21-16)20(23)22-11-9-19(10-12-22)25-14-13-24-18-5-3-2-4-6-18/h2-8,15,19H,9-14H2,1H3. The maximum atomic E-state index is 12.5. The summed E-state index contributed by atoms with van der Waals surface area (Å²) in [5.74, 6) is 0.914. The Bertz CT molecular complexity index is 665. The normalized spacial score (nSPS) is 15.2. The minimum absolute atomic E-state index is 0.0540. The molecule has 1 aromatic carbocycles. The largest absolute Gasteiger partial charge is 0.491 e. The van der Waals surface area contributed by atoms with Gasteiger partial charge in [-0.1, -0.05) is 18.2 Å². The number of likely N-dealkylation sites (tertiary alicyclic amines) is 1. The summed E-state index contributed by atoms with van der Waals surface area (Å²) in [7, 11) is 0. The second-order valence-corrected chi connectivity index (χ2v) is 6.21. The van der Waals surface area contributed by atoms with Gasteiger partial charge in [-0.3, -0.25) is 9.78 Å². The molecule has 0 aliphatic carbocycles. The molecule has 1 aromatic heterocycles. The fourth-order valence-electron chi connectivity index (χ4n) is 2.89. The second-order valence-electron chi connectivity index (χ2n) is 6.21. The van der Waals surface area contributed by atoms with Crippen LogP contribution in [0, 0.1) is 6.92 Å². The van der Waals surface area contributed by atoms with Crippen LogP contribution in [0.5, 0.6) is 5.75 Å². The zero-order valence-electron chi connectivity index (χ0n) is 14.6. The number of aromatic nitrogens is 1. The molecule has 2 heterocycles. The summed E-state index contributed by atoms with van der Waals surface area (Å²) in [6.07, 6.45) is 3.56. The molecule has 0 N–H and O–H groups in total. The number of hydrogen-bond acceptors (Lipinski definition) is 4. The summed E-state index contributed by atoms with van der Waals surface area (Å²) in [6, 6.07) is 13.4. The third-order valence-electron chi connectivity index (χ3n) is 4.34. The van der Waals surface area contributed by atoms with Crippen LogP contribution >= 0.6 is 0 Å². The molecule has 3 rings (SSSR count). The number of carbonyl (C=O) groups excluding carboxylic acids is 1. The first kappa shape index (κ1) is 17.4. The van der Waals surface area contributed by atoms with Gasteiger partial charge in [-0.25, -0.2) is 0 Å². The van der Waals surface area contributed by atoms with E-state index in [2.05, 4.69) is 4.98 Å². The van der Waals surface area contributed by atoms with Crippen molar-refractivity contribution in [2.75, 3.05) is 26.3 Å². The zero-order valence-corrected chi connectivity index (χ0v) is 14.6. The predicted molar refractivity (Wildman–Crippen MR) is 95.8 cm³/mol. The van der Waals surface area contributed by atoms with Crippen LogP contribution in [0.2, 0.25) is 0 Å². The molecule has 1 aliphatic heterocycles. The number of pyridine rings is 1. The average molecular weight is 340 g/mol. The fourth-order valence-corrected chi connectivity index (χ4v) is 2.89. The molecular weight excluding hydrogens is 316 g/mol. The van der Waals surface area contributed by atoms with Crippen molar-refractivity contribution in [2.45, 2.75) is 25.9 Å². The van der Waals surface area contributed by atoms with E-state index in [1.54, 1.807) is 6.20 Å². The number of piperidine rings is 1. The number of aryl methyl sites for hydroxylation is 1. The van der Waals surface area contributed by atoms with Crippen LogP contribution in [0.3, 0.4) is 0 Å². The van der Waals surface area contributed by atoms with Crippen molar-refractivity contribution in [3.63, 3.8) is 0 Å². The van der Waals surface area contributed by atoms with E-state index >= 15 is 0 Å². The highest BCUT2D eigenvalue weighted by molar-refractivity contribution is 5.93. The van der Waals surface area contributed by atoms with Crippen molar-refractivity contribution in [3.05, 3.63) is 59.9 Å². The molecule has 0 unspecified atom stereocenters. The van der Waals surface area contributed by atoms with Crippen molar-refractivity contribution in [3.8, 4) is 5.75 Å². The van der Waals surface area contributed by atoms with E-state index in [1.807, 2.05) is 54.3 Å². The van der Waals surface area contributed by atoms with Crippen molar-refractivity contribution < 1.29 is 14.3 Å². The monoisotopic (exact) mass is 340 g/mol. The molecule has 0 spiro atoms. The lowest BCUT2D eigenvalue weighted by molar-refractivity contribution is -0.00239. The summed E-state index contributed by atoms with van der Waals surface area (Å²) in [4.78, 5) is 18.5. The van der Waals surface area contributed by atoms with Crippen LogP contribution in [0.1, 0.15) is 28.9 Å². The highest BCUT2D eigenvalue weighted by Crippen LogP contribution is 2.16. The molecule has 25 heavy (non-hydrogen) atoms. The van der Waals surface area contributed by atoms with Crippen molar-refractivity contribution in [2.24, 2.45) is 0 Å². The Kier molecular flexibility index (Phi) is 6.01. The minimum Gasteiger partial charge on any atom is -0.491 e. The molecule has 0 bridgehead atoms. The van der Waals surface area contributed by atoms with Gasteiger partial charge in [0.15, 0.2) is 0 Å². The molecule has 0 radical (unpaired) electrons. The van der Waals surface area contributed by atoms with Gasteiger partial charge in [0.1, 0.15) is 12.4 Å². The van der Waals surface area contributed by atoms with Gasteiger partial charge in [-0.15, -0.1) is 0 Å². The average Bonchev–Trinajstić information content (AvgIpc) is 2.67. The Morgan fingerprint density at radius 3 is 2.56 bits per heavy atom. The molecule has 1 amide bonds. The van der Waals surface area contributed by atoms with Crippen LogP contribution in [0.25, 0.3) is 0 Å². The summed E-state index contributed by atoms with van der Waals surface area (Å²) in [6.45, 7) is 4.46. The van der Waals surface area contributed by atoms with Gasteiger partial charge in [-0.2, -0.15) is 0 Å². The fraction of sp³-hybridized carbons (Fsp3) is 0.400. The van der Waals surface area contributed by atoms with E-state index in [0.717, 1.165) is 37.4 Å². The molecule has 5 nitrogen and oxygen atoms in total. The number of nitrogens with zero attached hydrogens (tertiary/aromatic N) is 2. The maximum absolute atomic E-state index is 12.5. The zero-order chi connectivity index (χ0) is 17.5. The molecule has 1 saturated heterocycles. The summed E-state index contributed by atoms with van der Waals surface area (Å²) in [5.41, 5.74) is 1.57. The third kappa shape index (κ3) is 5.03. The number of amides is 1. The van der Waals surface area contributed by atoms with Crippen LogP contribution in [-0.4, -0.2) is 48.2 Å². The summed E-state index contributed by atoms with van der Waals surface area (Å²) in [5, 5.41) is 0. The van der Waals surface area contributed by atoms with Gasteiger partial charge in [0.25, 0.3) is 5.91 Å². The number of ether oxygens (including phenoxy) is 2. The molecular formula is C20H24N2O3. The van der Waals surface area contributed by atoms with E-state index in [9.17, 15) is 4.79 Å². The Balaban J connectivity index is 1.37. The van der Waals surface area contributed by atoms with Gasteiger partial charge in [0.2, 0.25) is 0 Å². The first-order chi connectivity index (χ1) is 12.2. The van der Waals surface area contributed by atoms with Crippen molar-refractivity contribution in [1.82, 2.24) is 9.88 Å². The molecule has 1 fully saturated rings. The lowest BCUT2D eigenvalue weighted by Gasteiger charge is -2.32. The highest BCUT2D eigenvalue weighted by atomic mass is 16.5. The van der Waals surface area contributed by atoms with Crippen molar-refractivity contribution in [1.29, 1.82) is 0 Å². The van der Waals surface area contributed by atoms with E-state index in [4.69, 9.17) is 9.47 Å². The van der Waals surface area contributed by atoms with Crippen LogP contribution < -0.4 is 4.74 Å². The highest BCUT2D eigenvalue weighted by Gasteiger charge is 2.24. The summed E-state index contributed by atoms with van der Waals surface area (Å²) >= 11 is 0. The third-order valence-corrected chi connectivity index (χ3v) is 4.34. The van der Waals surface area contributed by atoms with Gasteiger partial charge in [-0.05, 0) is 44.0 Å². The number of benzene rings is 1. The van der Waals surface area contributed by atoms with Gasteiger partial charge < -0.3 is 14.4 Å². The van der Waals surface area contributed by atoms with Gasteiger partial charge in [0.05, 0.1) is 18.3 Å². The number of carbonyl (C=O) groups is 1. The predicted octanol–water partition coefficient (Wildman–Crippen LogP) is 3.09. The van der Waals surface area contributed by atoms with Crippen LogP contribution in [-0.2, 0) is 4.74 Å². The Hall–Kier alpha value is -2.40. The number of para-hydroxylation sites is 1. The first-order valence-electron chi connectivity index (χ1n) is 8.74. The molecule has 1 aliphatic rings.